The summed E-state index contributed by atoms with van der Waals surface area (Å²) in [5.41, 5.74) is -0.847. The molecule has 0 N–H and O–H groups in total. The normalized spacial score (nSPS) is 39.7. The minimum Gasteiger partial charge on any atom is -0.377 e. The Labute approximate surface area is 135 Å². The second kappa shape index (κ2) is 7.01. The highest BCUT2D eigenvalue weighted by Gasteiger charge is 2.52. The first kappa shape index (κ1) is 17.6. The average Bonchev–Trinajstić information content (AvgIpc) is 2.57. The van der Waals surface area contributed by atoms with E-state index < -0.39 is 29.1 Å². The summed E-state index contributed by atoms with van der Waals surface area (Å²) in [5, 5.41) is -3.10. The first-order valence-electron chi connectivity index (χ1n) is 5.03. The quantitative estimate of drug-likeness (QED) is 0.316. The molecule has 6 nitrogen and oxygen atoms in total. The molecule has 104 valence electrons. The van der Waals surface area contributed by atoms with Crippen LogP contribution in [0.2, 0.25) is 0 Å². The van der Waals surface area contributed by atoms with Gasteiger partial charge in [0.05, 0.1) is 28.6 Å². The van der Waals surface area contributed by atoms with Crippen LogP contribution in [0.25, 0.3) is 0 Å². The maximum absolute atomic E-state index is 11.7. The predicted octanol–water partition coefficient (Wildman–Crippen LogP) is 2.23. The fourth-order valence-electron chi connectivity index (χ4n) is 1.74. The third kappa shape index (κ3) is 4.03. The van der Waals surface area contributed by atoms with Gasteiger partial charge in [-0.25, -0.2) is 4.57 Å². The first-order valence-corrected chi connectivity index (χ1v) is 10.2. The van der Waals surface area contributed by atoms with E-state index in [4.69, 9.17) is 29.4 Å². The summed E-state index contributed by atoms with van der Waals surface area (Å²) < 4.78 is 37.9. The molecule has 0 aliphatic carbocycles. The lowest BCUT2D eigenvalue weighted by molar-refractivity contribution is -0.0638. The van der Waals surface area contributed by atoms with Crippen molar-refractivity contribution in [1.29, 1.82) is 0 Å². The van der Waals surface area contributed by atoms with E-state index in [1.165, 1.54) is 14.2 Å². The smallest absolute Gasteiger partial charge is 0.377 e. The van der Waals surface area contributed by atoms with Crippen LogP contribution in [0.3, 0.4) is 0 Å². The van der Waals surface area contributed by atoms with E-state index in [-0.39, 0.29) is 6.61 Å². The van der Waals surface area contributed by atoms with Crippen LogP contribution < -0.4 is 0 Å². The highest BCUT2D eigenvalue weighted by Crippen LogP contribution is 2.57. The van der Waals surface area contributed by atoms with E-state index in [1.807, 2.05) is 0 Å². The lowest BCUT2D eigenvalue weighted by Crippen LogP contribution is -2.45. The third-order valence-electron chi connectivity index (χ3n) is 2.72. The zero-order valence-electron chi connectivity index (χ0n) is 10.2. The van der Waals surface area contributed by atoms with E-state index in [0.29, 0.717) is 0 Å². The Morgan fingerprint density at radius 3 is 2.56 bits per heavy atom. The molecule has 0 spiro atoms. The SMILES string of the molecule is [B][C@@H]1O[C@](C)(COP(=O)(I)OC)C(OI)[C@@H]1OC. The molecule has 0 aromatic rings. The molecule has 1 heterocycles. The van der Waals surface area contributed by atoms with Crippen LogP contribution in [0.15, 0.2) is 0 Å². The summed E-state index contributed by atoms with van der Waals surface area (Å²) in [6.07, 6.45) is -0.835. The summed E-state index contributed by atoms with van der Waals surface area (Å²) in [6, 6.07) is -0.625. The standard InChI is InChI=1S/C8H14BI2O6P/c1-8(4-15-18(11,12)14-3)6(17-10)5(13-2)7(9)16-8/h5-7H,4H2,1-3H3/t5-,6?,7+,8+,18?/m0/s1. The Balaban J connectivity index is 2.76. The molecule has 0 aromatic carbocycles. The van der Waals surface area contributed by atoms with Crippen LogP contribution in [0.4, 0.5) is 0 Å². The number of methoxy groups -OCH3 is 1. The molecule has 5 atom stereocenters. The maximum atomic E-state index is 11.7. The second-order valence-corrected chi connectivity index (χ2v) is 9.53. The number of halogens is 2. The Bertz CT molecular complexity index is 335. The van der Waals surface area contributed by atoms with Gasteiger partial charge in [-0.3, -0.25) is 4.52 Å². The summed E-state index contributed by atoms with van der Waals surface area (Å²) in [5.74, 6) is 0. The molecular weight excluding hydrogens is 488 g/mol. The van der Waals surface area contributed by atoms with Gasteiger partial charge < -0.3 is 17.1 Å². The third-order valence-corrected chi connectivity index (χ3v) is 6.16. The van der Waals surface area contributed by atoms with Crippen molar-refractivity contribution >= 4 is 58.1 Å². The van der Waals surface area contributed by atoms with E-state index in [1.54, 1.807) is 52.0 Å². The molecule has 0 bridgehead atoms. The van der Waals surface area contributed by atoms with Gasteiger partial charge >= 0.3 is 5.24 Å². The van der Waals surface area contributed by atoms with Crippen LogP contribution >= 0.6 is 50.3 Å². The molecule has 0 amide bonds. The Morgan fingerprint density at radius 2 is 2.11 bits per heavy atom. The number of hydrogen-bond acceptors (Lipinski definition) is 6. The van der Waals surface area contributed by atoms with Crippen LogP contribution in [0, 0.1) is 0 Å². The molecule has 1 fully saturated rings. The van der Waals surface area contributed by atoms with E-state index in [9.17, 15) is 4.57 Å². The van der Waals surface area contributed by atoms with Crippen molar-refractivity contribution in [2.45, 2.75) is 30.7 Å². The molecular formula is C8H14BI2O6P. The predicted molar refractivity (Wildman–Crippen MR) is 83.3 cm³/mol. The van der Waals surface area contributed by atoms with Gasteiger partial charge in [0.2, 0.25) is 0 Å². The highest BCUT2D eigenvalue weighted by molar-refractivity contribution is 14.2. The lowest BCUT2D eigenvalue weighted by atomic mass is 9.90. The zero-order valence-corrected chi connectivity index (χ0v) is 15.4. The van der Waals surface area contributed by atoms with Gasteiger partial charge in [0.25, 0.3) is 0 Å². The second-order valence-electron chi connectivity index (χ2n) is 3.99. The van der Waals surface area contributed by atoms with Crippen molar-refractivity contribution in [3.05, 3.63) is 0 Å². The molecule has 1 aliphatic heterocycles. The van der Waals surface area contributed by atoms with Crippen molar-refractivity contribution in [3.8, 4) is 0 Å². The fraction of sp³-hybridized carbons (Fsp3) is 1.00. The van der Waals surface area contributed by atoms with Gasteiger partial charge in [0.15, 0.2) is 0 Å². The van der Waals surface area contributed by atoms with Crippen molar-refractivity contribution in [1.82, 2.24) is 0 Å². The summed E-state index contributed by atoms with van der Waals surface area (Å²) in [6.45, 7) is 1.80. The molecule has 0 saturated carbocycles. The molecule has 1 saturated heterocycles. The molecule has 0 aromatic heterocycles. The first-order chi connectivity index (χ1) is 8.29. The van der Waals surface area contributed by atoms with Gasteiger partial charge in [-0.1, -0.05) is 0 Å². The van der Waals surface area contributed by atoms with Crippen LogP contribution in [0.1, 0.15) is 6.92 Å². The summed E-state index contributed by atoms with van der Waals surface area (Å²) >= 11 is 3.38. The molecule has 2 radical (unpaired) electrons. The number of rotatable bonds is 6. The largest absolute Gasteiger partial charge is 0.388 e. The van der Waals surface area contributed by atoms with Gasteiger partial charge in [-0.05, 0) is 6.92 Å². The fourth-order valence-corrected chi connectivity index (χ4v) is 3.50. The van der Waals surface area contributed by atoms with E-state index in [0.717, 1.165) is 0 Å². The lowest BCUT2D eigenvalue weighted by Gasteiger charge is -2.30. The Hall–Kier alpha value is 1.55. The maximum Gasteiger partial charge on any atom is 0.388 e. The highest BCUT2D eigenvalue weighted by atomic mass is 127. The van der Waals surface area contributed by atoms with Crippen LogP contribution in [0.5, 0.6) is 0 Å². The topological polar surface area (TPSA) is 63.2 Å². The van der Waals surface area contributed by atoms with Gasteiger partial charge in [-0.2, -0.15) is 0 Å². The van der Waals surface area contributed by atoms with Crippen molar-refractivity contribution in [3.63, 3.8) is 0 Å². The monoisotopic (exact) mass is 502 g/mol. The average molecular weight is 502 g/mol. The minimum atomic E-state index is -3.10. The Morgan fingerprint density at radius 1 is 1.50 bits per heavy atom. The van der Waals surface area contributed by atoms with Gasteiger partial charge in [0, 0.05) is 20.2 Å². The molecule has 18 heavy (non-hydrogen) atoms. The zero-order chi connectivity index (χ0) is 14.0. The minimum absolute atomic E-state index is 0.0300. The number of hydrogen-bond donors (Lipinski definition) is 0. The van der Waals surface area contributed by atoms with Crippen molar-refractivity contribution in [2.24, 2.45) is 0 Å². The van der Waals surface area contributed by atoms with Crippen molar-refractivity contribution < 1.29 is 26.2 Å². The molecule has 1 rings (SSSR count). The van der Waals surface area contributed by atoms with E-state index in [2.05, 4.69) is 0 Å². The number of ether oxygens (including phenoxy) is 2. The summed E-state index contributed by atoms with van der Waals surface area (Å²) in [7, 11) is 8.66. The van der Waals surface area contributed by atoms with Crippen LogP contribution in [-0.2, 0) is 26.2 Å². The van der Waals surface area contributed by atoms with E-state index >= 15 is 0 Å². The molecule has 10 heteroatoms. The Kier molecular flexibility index (Phi) is 6.86. The van der Waals surface area contributed by atoms with Crippen LogP contribution in [-0.4, -0.2) is 52.5 Å². The van der Waals surface area contributed by atoms with Crippen molar-refractivity contribution in [2.75, 3.05) is 20.8 Å². The molecule has 1 aliphatic rings. The van der Waals surface area contributed by atoms with Gasteiger partial charge in [-0.15, -0.1) is 0 Å². The molecule has 2 unspecified atom stereocenters. The summed E-state index contributed by atoms with van der Waals surface area (Å²) in [4.78, 5) is 0. The van der Waals surface area contributed by atoms with Gasteiger partial charge in [0.1, 0.15) is 48.7 Å².